The molecule has 0 unspecified atom stereocenters. The molecule has 11 N–H and O–H groups in total. The van der Waals surface area contributed by atoms with Gasteiger partial charge >= 0.3 is 30.4 Å². The fourth-order valence-electron chi connectivity index (χ4n) is 4.82. The molecular formula is C26H43NO15P4. The molecule has 2 aromatic rings. The van der Waals surface area contributed by atoms with Crippen LogP contribution in [0.1, 0.15) is 33.4 Å². The molecule has 0 aromatic heterocycles. The number of hydrogen-bond acceptors (Lipinski definition) is 8. The quantitative estimate of drug-likeness (QED) is 0.0815. The second-order valence-corrected chi connectivity index (χ2v) is 18.5. The van der Waals surface area contributed by atoms with Crippen LogP contribution in [0.15, 0.2) is 36.4 Å². The minimum atomic E-state index is -4.39. The number of aryl methyl sites for hydroxylation is 4. The van der Waals surface area contributed by atoms with Crippen LogP contribution in [0.25, 0.3) is 0 Å². The molecule has 2 aromatic carbocycles. The first-order valence-corrected chi connectivity index (χ1v) is 21.2. The van der Waals surface area contributed by atoms with E-state index in [4.69, 9.17) is 0 Å². The largest absolute Gasteiger partial charge is 0.394 e. The van der Waals surface area contributed by atoms with Crippen molar-refractivity contribution in [3.63, 3.8) is 0 Å². The maximum absolute atomic E-state index is 11.5. The number of nitrogens with zero attached hydrogens (tertiary/aromatic N) is 1. The zero-order valence-corrected chi connectivity index (χ0v) is 28.5. The minimum Gasteiger partial charge on any atom is -0.394 e. The summed E-state index contributed by atoms with van der Waals surface area (Å²) in [6.07, 6.45) is -2.27. The molecule has 16 nitrogen and oxygen atoms in total. The predicted molar refractivity (Wildman–Crippen MR) is 169 cm³/mol. The molecule has 46 heavy (non-hydrogen) atoms. The Morgan fingerprint density at radius 3 is 0.848 bits per heavy atom. The number of hydrogen-bond donors (Lipinski definition) is 11. The van der Waals surface area contributed by atoms with Crippen molar-refractivity contribution >= 4 is 30.4 Å². The van der Waals surface area contributed by atoms with Gasteiger partial charge in [-0.15, -0.1) is 0 Å². The number of aliphatic hydroxyl groups excluding tert-OH is 3. The molecule has 0 aliphatic heterocycles. The first-order chi connectivity index (χ1) is 21.0. The van der Waals surface area contributed by atoms with Crippen molar-refractivity contribution in [1.82, 2.24) is 4.90 Å². The molecule has 0 amide bonds. The third kappa shape index (κ3) is 15.4. The van der Waals surface area contributed by atoms with Gasteiger partial charge in [0.05, 0.1) is 50.0 Å². The van der Waals surface area contributed by atoms with Gasteiger partial charge in [0.2, 0.25) is 0 Å². The van der Waals surface area contributed by atoms with Crippen molar-refractivity contribution in [2.75, 3.05) is 44.5 Å². The highest BCUT2D eigenvalue weighted by molar-refractivity contribution is 7.52. The number of aliphatic hydroxyl groups is 3. The summed E-state index contributed by atoms with van der Waals surface area (Å²) in [6.45, 7) is -2.39. The molecule has 2 rings (SSSR count). The van der Waals surface area contributed by atoms with Crippen LogP contribution in [-0.4, -0.2) is 109 Å². The molecule has 0 radical (unpaired) electrons. The van der Waals surface area contributed by atoms with E-state index in [1.807, 2.05) is 0 Å². The molecule has 0 heterocycles. The maximum atomic E-state index is 11.5. The molecule has 20 heteroatoms. The van der Waals surface area contributed by atoms with Crippen LogP contribution in [0.2, 0.25) is 0 Å². The molecule has 0 fully saturated rings. The number of benzene rings is 2. The molecule has 0 bridgehead atoms. The second kappa shape index (κ2) is 17.0. The monoisotopic (exact) mass is 733 g/mol. The summed E-state index contributed by atoms with van der Waals surface area (Å²) in [5, 5.41) is 30.9. The van der Waals surface area contributed by atoms with Crippen molar-refractivity contribution < 1.29 is 72.7 Å². The topological polar surface area (TPSA) is 294 Å². The molecule has 262 valence electrons. The van der Waals surface area contributed by atoms with Crippen molar-refractivity contribution in [3.8, 4) is 0 Å². The van der Waals surface area contributed by atoms with Gasteiger partial charge in [-0.1, -0.05) is 36.4 Å². The van der Waals surface area contributed by atoms with E-state index in [0.717, 1.165) is 0 Å². The van der Waals surface area contributed by atoms with Gasteiger partial charge in [-0.25, -0.2) is 0 Å². The van der Waals surface area contributed by atoms with E-state index < -0.39 is 80.4 Å². The molecule has 0 saturated carbocycles. The third-order valence-corrected chi connectivity index (χ3v) is 10.5. The highest BCUT2D eigenvalue weighted by atomic mass is 31.2. The van der Waals surface area contributed by atoms with Gasteiger partial charge < -0.3 is 54.5 Å². The highest BCUT2D eigenvalue weighted by Gasteiger charge is 2.36. The molecule has 0 saturated heterocycles. The average Bonchev–Trinajstić information content (AvgIpc) is 2.92. The maximum Gasteiger partial charge on any atom is 0.325 e. The Morgan fingerprint density at radius 1 is 0.435 bits per heavy atom. The molecule has 0 spiro atoms. The fraction of sp³-hybridized carbons (Fsp3) is 0.538. The average molecular weight is 734 g/mol. The zero-order valence-electron chi connectivity index (χ0n) is 24.9. The SMILES string of the molecule is O=P(O)(O)CCc1cc(CCP(=O)(O)O)cc(CN(Cc2cc(CCP(=O)(O)O)cc(CCP(=O)(O)O)c2)C(CO)(CO)CO)c1. The van der Waals surface area contributed by atoms with E-state index in [1.165, 1.54) is 4.90 Å². The van der Waals surface area contributed by atoms with Gasteiger partial charge in [-0.3, -0.25) is 23.2 Å². The second-order valence-electron chi connectivity index (χ2n) is 11.4. The van der Waals surface area contributed by atoms with Gasteiger partial charge in [-0.2, -0.15) is 0 Å². The van der Waals surface area contributed by atoms with E-state index in [1.54, 1.807) is 36.4 Å². The normalized spacial score (nSPS) is 13.5. The standard InChI is InChI=1S/C26H43NO15P4/c28-17-26(18-29,19-30)27(15-24-11-20(1-5-43(31,32)33)9-21(12-24)2-6-44(34,35)36)16-25-13-22(3-7-45(37,38)39)10-23(14-25)4-8-46(40,41)42/h9-14,28-30H,1-8,15-19H2,(H2,31,32,33)(H2,34,35,36)(H2,37,38,39)(H2,40,41,42). The molecular weight excluding hydrogens is 690 g/mol. The van der Waals surface area contributed by atoms with E-state index in [2.05, 4.69) is 0 Å². The van der Waals surface area contributed by atoms with Crippen LogP contribution in [0, 0.1) is 0 Å². The smallest absolute Gasteiger partial charge is 0.325 e. The summed E-state index contributed by atoms with van der Waals surface area (Å²) in [5.41, 5.74) is 1.08. The lowest BCUT2D eigenvalue weighted by Crippen LogP contribution is -2.56. The Balaban J connectivity index is 2.60. The van der Waals surface area contributed by atoms with Crippen molar-refractivity contribution in [3.05, 3.63) is 69.8 Å². The van der Waals surface area contributed by atoms with E-state index in [-0.39, 0.29) is 38.8 Å². The van der Waals surface area contributed by atoms with Crippen LogP contribution >= 0.6 is 30.4 Å². The molecule has 0 aliphatic rings. The summed E-state index contributed by atoms with van der Waals surface area (Å²) in [4.78, 5) is 76.5. The van der Waals surface area contributed by atoms with Gasteiger partial charge in [-0.05, 0) is 59.1 Å². The fourth-order valence-corrected chi connectivity index (χ4v) is 7.02. The minimum absolute atomic E-state index is 0.0727. The summed E-state index contributed by atoms with van der Waals surface area (Å²) < 4.78 is 46.1. The molecule has 0 atom stereocenters. The summed E-state index contributed by atoms with van der Waals surface area (Å²) in [5.74, 6) is 0. The Kier molecular flexibility index (Phi) is 15.2. The summed E-state index contributed by atoms with van der Waals surface area (Å²) >= 11 is 0. The predicted octanol–water partition coefficient (Wildman–Crippen LogP) is 0.285. The summed E-state index contributed by atoms with van der Waals surface area (Å²) in [6, 6.07) is 9.53. The van der Waals surface area contributed by atoms with Crippen molar-refractivity contribution in [2.24, 2.45) is 0 Å². The van der Waals surface area contributed by atoms with E-state index in [0.29, 0.717) is 33.4 Å². The van der Waals surface area contributed by atoms with Gasteiger partial charge in [0, 0.05) is 13.1 Å². The lowest BCUT2D eigenvalue weighted by Gasteiger charge is -2.40. The van der Waals surface area contributed by atoms with E-state index >= 15 is 0 Å². The van der Waals surface area contributed by atoms with Gasteiger partial charge in [0.1, 0.15) is 0 Å². The van der Waals surface area contributed by atoms with Crippen LogP contribution in [-0.2, 0) is 57.0 Å². The Morgan fingerprint density at radius 2 is 0.652 bits per heavy atom. The third-order valence-electron chi connectivity index (χ3n) is 7.29. The summed E-state index contributed by atoms with van der Waals surface area (Å²) in [7, 11) is -17.6. The number of rotatable bonds is 20. The molecule has 0 aliphatic carbocycles. The van der Waals surface area contributed by atoms with Crippen LogP contribution in [0.4, 0.5) is 0 Å². The van der Waals surface area contributed by atoms with Gasteiger partial charge in [0.15, 0.2) is 0 Å². The van der Waals surface area contributed by atoms with Crippen LogP contribution in [0.5, 0.6) is 0 Å². The Labute approximate surface area is 266 Å². The van der Waals surface area contributed by atoms with Crippen LogP contribution in [0.3, 0.4) is 0 Å². The Hall–Kier alpha value is -1.12. The van der Waals surface area contributed by atoms with Crippen molar-refractivity contribution in [1.29, 1.82) is 0 Å². The van der Waals surface area contributed by atoms with Crippen LogP contribution < -0.4 is 0 Å². The first-order valence-electron chi connectivity index (χ1n) is 14.0. The highest BCUT2D eigenvalue weighted by Crippen LogP contribution is 2.38. The zero-order chi connectivity index (χ0) is 35.0. The first kappa shape index (κ1) is 41.1. The van der Waals surface area contributed by atoms with E-state index in [9.17, 15) is 72.7 Å². The van der Waals surface area contributed by atoms with Gasteiger partial charge in [0.25, 0.3) is 0 Å². The Bertz CT molecular complexity index is 1290. The van der Waals surface area contributed by atoms with Crippen molar-refractivity contribution in [2.45, 2.75) is 44.3 Å². The lowest BCUT2D eigenvalue weighted by atomic mass is 9.95. The lowest BCUT2D eigenvalue weighted by molar-refractivity contribution is -0.0569.